The maximum atomic E-state index is 12.8. The quantitative estimate of drug-likeness (QED) is 0.716. The first-order valence-corrected chi connectivity index (χ1v) is 10.5. The Kier molecular flexibility index (Phi) is 4.83. The number of fused-ring (bicyclic) bond motifs is 1. The van der Waals surface area contributed by atoms with Crippen molar-refractivity contribution in [3.8, 4) is 0 Å². The molecule has 0 spiro atoms. The second-order valence-electron chi connectivity index (χ2n) is 6.96. The van der Waals surface area contributed by atoms with E-state index >= 15 is 0 Å². The van der Waals surface area contributed by atoms with Crippen molar-refractivity contribution in [2.75, 3.05) is 36.5 Å². The first-order chi connectivity index (χ1) is 14.3. The number of morpholine rings is 1. The van der Waals surface area contributed by atoms with Gasteiger partial charge in [-0.25, -0.2) is 4.98 Å². The lowest BCUT2D eigenvalue weighted by atomic mass is 10.0. The van der Waals surface area contributed by atoms with Gasteiger partial charge in [0.1, 0.15) is 0 Å². The molecule has 1 aromatic heterocycles. The predicted octanol–water partition coefficient (Wildman–Crippen LogP) is 3.91. The molecular weight excluding hydrogens is 384 g/mol. The molecule has 0 unspecified atom stereocenters. The second kappa shape index (κ2) is 7.77. The topological polar surface area (TPSA) is 66.8 Å². The highest BCUT2D eigenvalue weighted by Gasteiger charge is 2.25. The van der Waals surface area contributed by atoms with Crippen molar-refractivity contribution >= 4 is 39.5 Å². The van der Waals surface area contributed by atoms with E-state index < -0.39 is 0 Å². The normalized spacial score (nSPS) is 15.7. The van der Waals surface area contributed by atoms with Crippen LogP contribution < -0.4 is 10.2 Å². The van der Waals surface area contributed by atoms with Crippen molar-refractivity contribution in [3.05, 3.63) is 70.7 Å². The van der Waals surface area contributed by atoms with Crippen LogP contribution in [0.15, 0.2) is 59.0 Å². The van der Waals surface area contributed by atoms with Crippen LogP contribution >= 0.6 is 11.3 Å². The lowest BCUT2D eigenvalue weighted by molar-refractivity contribution is 0.102. The molecule has 2 aliphatic rings. The van der Waals surface area contributed by atoms with Crippen LogP contribution in [0, 0.1) is 0 Å². The number of rotatable bonds is 4. The third-order valence-electron chi connectivity index (χ3n) is 5.19. The fraction of sp³-hybridized carbons (Fsp3) is 0.227. The van der Waals surface area contributed by atoms with Crippen molar-refractivity contribution in [3.63, 3.8) is 0 Å². The van der Waals surface area contributed by atoms with E-state index in [0.717, 1.165) is 55.3 Å². The number of benzene rings is 2. The van der Waals surface area contributed by atoms with E-state index in [4.69, 9.17) is 9.73 Å². The standard InChI is InChI=1S/C22H20N4O2S/c27-21(25-22-23-8-13-29-22)17-6-3-4-15-14-18(24-20(15)17)16-5-1-2-7-19(16)26-9-11-28-12-10-26/h1-8,13H,9-12,14H2,(H,23,25,27). The van der Waals surface area contributed by atoms with Crippen molar-refractivity contribution in [1.82, 2.24) is 4.98 Å². The van der Waals surface area contributed by atoms with E-state index in [2.05, 4.69) is 33.4 Å². The zero-order valence-corrected chi connectivity index (χ0v) is 16.6. The highest BCUT2D eigenvalue weighted by Crippen LogP contribution is 2.35. The Labute approximate surface area is 172 Å². The van der Waals surface area contributed by atoms with Gasteiger partial charge >= 0.3 is 0 Å². The molecule has 146 valence electrons. The van der Waals surface area contributed by atoms with Gasteiger partial charge < -0.3 is 9.64 Å². The first kappa shape index (κ1) is 18.0. The van der Waals surface area contributed by atoms with Crippen molar-refractivity contribution in [1.29, 1.82) is 0 Å². The first-order valence-electron chi connectivity index (χ1n) is 9.62. The van der Waals surface area contributed by atoms with Gasteiger partial charge in [0.2, 0.25) is 0 Å². The minimum Gasteiger partial charge on any atom is -0.378 e. The number of ether oxygens (including phenoxy) is 1. The van der Waals surface area contributed by atoms with Gasteiger partial charge in [0.25, 0.3) is 5.91 Å². The summed E-state index contributed by atoms with van der Waals surface area (Å²) in [6, 6.07) is 14.1. The van der Waals surface area contributed by atoms with Crippen LogP contribution in [-0.2, 0) is 11.2 Å². The SMILES string of the molecule is O=C(Nc1nccs1)c1cccc2c1N=C(c1ccccc1N1CCOCC1)C2. The van der Waals surface area contributed by atoms with Crippen LogP contribution in [0.4, 0.5) is 16.5 Å². The van der Waals surface area contributed by atoms with Crippen LogP contribution in [0.1, 0.15) is 21.5 Å². The fourth-order valence-electron chi connectivity index (χ4n) is 3.81. The molecule has 1 fully saturated rings. The third-order valence-corrected chi connectivity index (χ3v) is 5.88. The number of thiazole rings is 1. The Bertz CT molecular complexity index is 1070. The number of anilines is 2. The maximum absolute atomic E-state index is 12.8. The molecule has 2 aromatic carbocycles. The van der Waals surface area contributed by atoms with Crippen LogP contribution in [0.3, 0.4) is 0 Å². The average Bonchev–Trinajstić information content (AvgIpc) is 3.43. The van der Waals surface area contributed by atoms with E-state index in [0.29, 0.717) is 10.7 Å². The van der Waals surface area contributed by atoms with E-state index in [9.17, 15) is 4.79 Å². The molecule has 0 atom stereocenters. The Morgan fingerprint density at radius 1 is 1.10 bits per heavy atom. The third kappa shape index (κ3) is 3.54. The van der Waals surface area contributed by atoms with Gasteiger partial charge in [-0.05, 0) is 17.7 Å². The minimum absolute atomic E-state index is 0.178. The summed E-state index contributed by atoms with van der Waals surface area (Å²) in [5, 5.41) is 5.29. The summed E-state index contributed by atoms with van der Waals surface area (Å²) in [6.07, 6.45) is 2.39. The van der Waals surface area contributed by atoms with Crippen molar-refractivity contribution in [2.24, 2.45) is 4.99 Å². The number of aliphatic imine (C=N–C) groups is 1. The smallest absolute Gasteiger partial charge is 0.259 e. The number of carbonyl (C=O) groups excluding carboxylic acids is 1. The Morgan fingerprint density at radius 3 is 2.79 bits per heavy atom. The molecule has 1 amide bonds. The van der Waals surface area contributed by atoms with Crippen LogP contribution in [0.5, 0.6) is 0 Å². The Hall–Kier alpha value is -3.03. The number of nitrogens with zero attached hydrogens (tertiary/aromatic N) is 3. The molecule has 3 aromatic rings. The van der Waals surface area contributed by atoms with Crippen molar-refractivity contribution in [2.45, 2.75) is 6.42 Å². The molecular formula is C22H20N4O2S. The zero-order chi connectivity index (χ0) is 19.6. The Balaban J connectivity index is 1.48. The number of hydrogen-bond acceptors (Lipinski definition) is 6. The Morgan fingerprint density at radius 2 is 1.97 bits per heavy atom. The number of amides is 1. The van der Waals surface area contributed by atoms with Crippen LogP contribution in [0.2, 0.25) is 0 Å². The molecule has 2 aliphatic heterocycles. The van der Waals surface area contributed by atoms with Gasteiger partial charge in [-0.3, -0.25) is 15.1 Å². The van der Waals surface area contributed by atoms with Gasteiger partial charge in [-0.1, -0.05) is 30.3 Å². The molecule has 0 bridgehead atoms. The molecule has 1 saturated heterocycles. The molecule has 0 aliphatic carbocycles. The van der Waals surface area contributed by atoms with E-state index in [1.54, 1.807) is 6.20 Å². The monoisotopic (exact) mass is 404 g/mol. The summed E-state index contributed by atoms with van der Waals surface area (Å²) in [6.45, 7) is 3.22. The number of carbonyl (C=O) groups is 1. The average molecular weight is 404 g/mol. The van der Waals surface area contributed by atoms with Gasteiger partial charge in [0.05, 0.1) is 30.2 Å². The number of nitrogens with one attached hydrogen (secondary N) is 1. The predicted molar refractivity (Wildman–Crippen MR) is 116 cm³/mol. The maximum Gasteiger partial charge on any atom is 0.259 e. The van der Waals surface area contributed by atoms with Gasteiger partial charge in [0, 0.05) is 42.3 Å². The van der Waals surface area contributed by atoms with E-state index in [1.165, 1.54) is 17.0 Å². The highest BCUT2D eigenvalue weighted by molar-refractivity contribution is 7.13. The molecule has 7 heteroatoms. The van der Waals surface area contributed by atoms with Crippen LogP contribution in [0.25, 0.3) is 0 Å². The number of aromatic nitrogens is 1. The lowest BCUT2D eigenvalue weighted by Gasteiger charge is -2.30. The summed E-state index contributed by atoms with van der Waals surface area (Å²) >= 11 is 1.40. The van der Waals surface area contributed by atoms with E-state index in [-0.39, 0.29) is 5.91 Å². The molecule has 1 N–H and O–H groups in total. The molecule has 3 heterocycles. The largest absolute Gasteiger partial charge is 0.378 e. The summed E-state index contributed by atoms with van der Waals surface area (Å²) in [7, 11) is 0. The zero-order valence-electron chi connectivity index (χ0n) is 15.8. The summed E-state index contributed by atoms with van der Waals surface area (Å²) in [5.41, 5.74) is 5.71. The van der Waals surface area contributed by atoms with Gasteiger partial charge in [-0.15, -0.1) is 11.3 Å². The van der Waals surface area contributed by atoms with Gasteiger partial charge in [0.15, 0.2) is 5.13 Å². The molecule has 6 nitrogen and oxygen atoms in total. The second-order valence-corrected chi connectivity index (χ2v) is 7.85. The summed E-state index contributed by atoms with van der Waals surface area (Å²) in [5.74, 6) is -0.178. The van der Waals surface area contributed by atoms with E-state index in [1.807, 2.05) is 29.6 Å². The summed E-state index contributed by atoms with van der Waals surface area (Å²) in [4.78, 5) is 24.2. The molecule has 0 radical (unpaired) electrons. The molecule has 29 heavy (non-hydrogen) atoms. The number of hydrogen-bond donors (Lipinski definition) is 1. The molecule has 0 saturated carbocycles. The lowest BCUT2D eigenvalue weighted by Crippen LogP contribution is -2.37. The molecule has 5 rings (SSSR count). The summed E-state index contributed by atoms with van der Waals surface area (Å²) < 4.78 is 5.50. The van der Waals surface area contributed by atoms with Crippen molar-refractivity contribution < 1.29 is 9.53 Å². The van der Waals surface area contributed by atoms with Gasteiger partial charge in [-0.2, -0.15) is 0 Å². The minimum atomic E-state index is -0.178. The fourth-order valence-corrected chi connectivity index (χ4v) is 4.33. The van der Waals surface area contributed by atoms with Crippen LogP contribution in [-0.4, -0.2) is 42.9 Å². The number of para-hydroxylation sites is 2. The highest BCUT2D eigenvalue weighted by atomic mass is 32.1.